The maximum absolute atomic E-state index is 5.75. The van der Waals surface area contributed by atoms with Crippen LogP contribution >= 0.6 is 0 Å². The fourth-order valence-corrected chi connectivity index (χ4v) is 2.72. The Labute approximate surface area is 148 Å². The van der Waals surface area contributed by atoms with Gasteiger partial charge in [0.05, 0.1) is 6.61 Å². The molecule has 0 spiro atoms. The fourth-order valence-electron chi connectivity index (χ4n) is 2.72. The van der Waals surface area contributed by atoms with Gasteiger partial charge in [0.25, 0.3) is 0 Å². The number of allylic oxidation sites excluding steroid dienone is 2. The van der Waals surface area contributed by atoms with Gasteiger partial charge in [-0.05, 0) is 50.3 Å². The molecule has 0 amide bonds. The largest absolute Gasteiger partial charge is 0.491 e. The number of unbranched alkanes of at least 4 members (excludes halogenated alkanes) is 6. The number of rotatable bonds is 13. The molecule has 2 rings (SSSR count). The van der Waals surface area contributed by atoms with Gasteiger partial charge >= 0.3 is 0 Å². The lowest BCUT2D eigenvalue weighted by atomic mass is 10.1. The van der Waals surface area contributed by atoms with Crippen molar-refractivity contribution in [3.05, 3.63) is 42.0 Å². The quantitative estimate of drug-likeness (QED) is 0.248. The standard InChI is InChI=1S/C22H34O2/c1-3-4-5-6-7-8-9-10-11-12-13-20-14-16-21(17-15-20)23-18-22(2)19-24-22/h10-11,14-17H,3-9,12-13,18-19H2,1-2H3/b11-10+. The third-order valence-corrected chi connectivity index (χ3v) is 4.60. The third-order valence-electron chi connectivity index (χ3n) is 4.60. The summed E-state index contributed by atoms with van der Waals surface area (Å²) in [5, 5.41) is 0. The lowest BCUT2D eigenvalue weighted by Crippen LogP contribution is -2.16. The van der Waals surface area contributed by atoms with Crippen molar-refractivity contribution in [2.24, 2.45) is 0 Å². The molecule has 1 aliphatic heterocycles. The smallest absolute Gasteiger partial charge is 0.123 e. The van der Waals surface area contributed by atoms with E-state index >= 15 is 0 Å². The molecule has 1 saturated heterocycles. The molecule has 0 bridgehead atoms. The van der Waals surface area contributed by atoms with Crippen molar-refractivity contribution in [1.29, 1.82) is 0 Å². The first kappa shape index (κ1) is 19.1. The van der Waals surface area contributed by atoms with Gasteiger partial charge in [0.15, 0.2) is 0 Å². The minimum absolute atomic E-state index is 0.0422. The summed E-state index contributed by atoms with van der Waals surface area (Å²) in [6.45, 7) is 5.81. The maximum Gasteiger partial charge on any atom is 0.123 e. The molecule has 1 aromatic carbocycles. The van der Waals surface area contributed by atoms with Crippen LogP contribution in [0.5, 0.6) is 5.75 Å². The van der Waals surface area contributed by atoms with Gasteiger partial charge in [0, 0.05) is 0 Å². The zero-order chi connectivity index (χ0) is 17.1. The van der Waals surface area contributed by atoms with Gasteiger partial charge in [-0.1, -0.05) is 63.3 Å². The van der Waals surface area contributed by atoms with E-state index < -0.39 is 0 Å². The second kappa shape index (κ2) is 10.6. The molecule has 1 unspecified atom stereocenters. The van der Waals surface area contributed by atoms with Crippen LogP contribution in [0.1, 0.15) is 70.8 Å². The van der Waals surface area contributed by atoms with Crippen molar-refractivity contribution < 1.29 is 9.47 Å². The van der Waals surface area contributed by atoms with Crippen LogP contribution in [0, 0.1) is 0 Å². The summed E-state index contributed by atoms with van der Waals surface area (Å²) in [7, 11) is 0. The normalized spacial score (nSPS) is 19.8. The Hall–Kier alpha value is -1.28. The van der Waals surface area contributed by atoms with Crippen molar-refractivity contribution in [3.8, 4) is 5.75 Å². The molecular weight excluding hydrogens is 296 g/mol. The van der Waals surface area contributed by atoms with Crippen LogP contribution < -0.4 is 4.74 Å². The molecule has 2 heteroatoms. The second-order valence-corrected chi connectivity index (χ2v) is 7.24. The molecule has 0 N–H and O–H groups in total. The van der Waals surface area contributed by atoms with Crippen molar-refractivity contribution in [1.82, 2.24) is 0 Å². The predicted molar refractivity (Wildman–Crippen MR) is 102 cm³/mol. The van der Waals surface area contributed by atoms with Gasteiger partial charge in [-0.3, -0.25) is 0 Å². The van der Waals surface area contributed by atoms with Gasteiger partial charge in [-0.15, -0.1) is 0 Å². The molecule has 1 aliphatic rings. The van der Waals surface area contributed by atoms with E-state index in [0.29, 0.717) is 6.61 Å². The van der Waals surface area contributed by atoms with Crippen molar-refractivity contribution in [2.45, 2.75) is 77.2 Å². The summed E-state index contributed by atoms with van der Waals surface area (Å²) in [5.41, 5.74) is 1.33. The SMILES string of the molecule is CCCCCCCC/C=C/CCc1ccc(OCC2(C)CO2)cc1. The van der Waals surface area contributed by atoms with Gasteiger partial charge < -0.3 is 9.47 Å². The second-order valence-electron chi connectivity index (χ2n) is 7.24. The Balaban J connectivity index is 1.51. The number of benzene rings is 1. The topological polar surface area (TPSA) is 21.8 Å². The van der Waals surface area contributed by atoms with Crippen molar-refractivity contribution >= 4 is 0 Å². The molecule has 0 saturated carbocycles. The molecule has 1 fully saturated rings. The van der Waals surface area contributed by atoms with Crippen molar-refractivity contribution in [3.63, 3.8) is 0 Å². The van der Waals surface area contributed by atoms with E-state index in [-0.39, 0.29) is 5.60 Å². The Kier molecular flexibility index (Phi) is 8.38. The van der Waals surface area contributed by atoms with Crippen LogP contribution in [0.3, 0.4) is 0 Å². The lowest BCUT2D eigenvalue weighted by molar-refractivity contribution is 0.202. The summed E-state index contributed by atoms with van der Waals surface area (Å²) in [4.78, 5) is 0. The van der Waals surface area contributed by atoms with Crippen LogP contribution in [-0.2, 0) is 11.2 Å². The minimum Gasteiger partial charge on any atom is -0.491 e. The zero-order valence-corrected chi connectivity index (χ0v) is 15.6. The summed E-state index contributed by atoms with van der Waals surface area (Å²) in [6, 6.07) is 8.49. The van der Waals surface area contributed by atoms with Crippen LogP contribution in [0.15, 0.2) is 36.4 Å². The molecule has 1 heterocycles. The van der Waals surface area contributed by atoms with Crippen LogP contribution in [-0.4, -0.2) is 18.8 Å². The Bertz CT molecular complexity index is 471. The number of ether oxygens (including phenoxy) is 2. The van der Waals surface area contributed by atoms with E-state index in [1.165, 1.54) is 50.5 Å². The van der Waals surface area contributed by atoms with Crippen LogP contribution in [0.2, 0.25) is 0 Å². The number of hydrogen-bond donors (Lipinski definition) is 0. The summed E-state index contributed by atoms with van der Waals surface area (Å²) in [5.74, 6) is 0.939. The molecular formula is C22H34O2. The number of aryl methyl sites for hydroxylation is 1. The fraction of sp³-hybridized carbons (Fsp3) is 0.636. The van der Waals surface area contributed by atoms with E-state index in [0.717, 1.165) is 25.2 Å². The average molecular weight is 331 g/mol. The molecule has 0 aliphatic carbocycles. The first-order chi connectivity index (χ1) is 11.7. The molecule has 1 aromatic rings. The summed E-state index contributed by atoms with van der Waals surface area (Å²) >= 11 is 0. The van der Waals surface area contributed by atoms with Gasteiger partial charge in [0.1, 0.15) is 18.0 Å². The molecule has 1 atom stereocenters. The highest BCUT2D eigenvalue weighted by Crippen LogP contribution is 2.27. The van der Waals surface area contributed by atoms with Gasteiger partial charge in [0.2, 0.25) is 0 Å². The average Bonchev–Trinajstić information content (AvgIpc) is 3.34. The van der Waals surface area contributed by atoms with Gasteiger partial charge in [-0.2, -0.15) is 0 Å². The first-order valence-electron chi connectivity index (χ1n) is 9.72. The lowest BCUT2D eigenvalue weighted by Gasteiger charge is -2.09. The van der Waals surface area contributed by atoms with Crippen molar-refractivity contribution in [2.75, 3.05) is 13.2 Å². The van der Waals surface area contributed by atoms with Gasteiger partial charge in [-0.25, -0.2) is 0 Å². The molecule has 24 heavy (non-hydrogen) atoms. The van der Waals surface area contributed by atoms with E-state index in [1.54, 1.807) is 0 Å². The summed E-state index contributed by atoms with van der Waals surface area (Å²) < 4.78 is 11.1. The maximum atomic E-state index is 5.75. The third kappa shape index (κ3) is 8.01. The molecule has 134 valence electrons. The Morgan fingerprint density at radius 2 is 1.67 bits per heavy atom. The van der Waals surface area contributed by atoms with E-state index in [4.69, 9.17) is 9.47 Å². The highest BCUT2D eigenvalue weighted by Gasteiger charge is 2.40. The van der Waals surface area contributed by atoms with Crippen LogP contribution in [0.4, 0.5) is 0 Å². The number of hydrogen-bond acceptors (Lipinski definition) is 2. The number of epoxide rings is 1. The first-order valence-corrected chi connectivity index (χ1v) is 9.72. The Morgan fingerprint density at radius 3 is 2.38 bits per heavy atom. The van der Waals surface area contributed by atoms with E-state index in [2.05, 4.69) is 50.3 Å². The predicted octanol–water partition coefficient (Wildman–Crippen LogP) is 6.09. The highest BCUT2D eigenvalue weighted by molar-refractivity contribution is 5.27. The molecule has 0 aromatic heterocycles. The summed E-state index contributed by atoms with van der Waals surface area (Å²) in [6.07, 6.45) is 16.4. The monoisotopic (exact) mass is 330 g/mol. The Morgan fingerprint density at radius 1 is 1.00 bits per heavy atom. The van der Waals surface area contributed by atoms with Crippen LogP contribution in [0.25, 0.3) is 0 Å². The van der Waals surface area contributed by atoms with E-state index in [9.17, 15) is 0 Å². The molecule has 0 radical (unpaired) electrons. The minimum atomic E-state index is -0.0422. The highest BCUT2D eigenvalue weighted by atomic mass is 16.6. The van der Waals surface area contributed by atoms with E-state index in [1.807, 2.05) is 0 Å². The zero-order valence-electron chi connectivity index (χ0n) is 15.6. The molecule has 2 nitrogen and oxygen atoms in total.